The third kappa shape index (κ3) is 6.29. The van der Waals surface area contributed by atoms with Gasteiger partial charge in [0.2, 0.25) is 5.91 Å². The smallest absolute Gasteiger partial charge is 0.236 e. The SMILES string of the molecule is CN=C(NCCOc1ccc(F)c(F)c1)N1CCN(CC(=O)N2CCCCC2)CC1. The lowest BCUT2D eigenvalue weighted by molar-refractivity contribution is -0.133. The third-order valence-corrected chi connectivity index (χ3v) is 5.50. The summed E-state index contributed by atoms with van der Waals surface area (Å²) in [7, 11) is 1.73. The van der Waals surface area contributed by atoms with Crippen molar-refractivity contribution in [1.82, 2.24) is 20.0 Å². The second kappa shape index (κ2) is 11.1. The summed E-state index contributed by atoms with van der Waals surface area (Å²) in [5, 5.41) is 3.23. The Balaban J connectivity index is 1.36. The molecule has 0 atom stereocenters. The van der Waals surface area contributed by atoms with Gasteiger partial charge < -0.3 is 19.9 Å². The van der Waals surface area contributed by atoms with Crippen LogP contribution >= 0.6 is 0 Å². The largest absolute Gasteiger partial charge is 0.492 e. The Morgan fingerprint density at radius 3 is 2.43 bits per heavy atom. The minimum Gasteiger partial charge on any atom is -0.492 e. The topological polar surface area (TPSA) is 60.4 Å². The Kier molecular flexibility index (Phi) is 8.24. The number of likely N-dealkylation sites (tertiary alicyclic amines) is 1. The lowest BCUT2D eigenvalue weighted by Crippen LogP contribution is -2.54. The van der Waals surface area contributed by atoms with Crippen LogP contribution in [0.4, 0.5) is 8.78 Å². The van der Waals surface area contributed by atoms with Crippen LogP contribution in [0.15, 0.2) is 23.2 Å². The van der Waals surface area contributed by atoms with Gasteiger partial charge >= 0.3 is 0 Å². The van der Waals surface area contributed by atoms with Gasteiger partial charge in [-0.05, 0) is 31.4 Å². The average molecular weight is 424 g/mol. The van der Waals surface area contributed by atoms with Crippen LogP contribution in [-0.2, 0) is 4.79 Å². The van der Waals surface area contributed by atoms with Gasteiger partial charge in [0.05, 0.1) is 13.1 Å². The molecule has 0 aromatic heterocycles. The van der Waals surface area contributed by atoms with Crippen molar-refractivity contribution in [3.63, 3.8) is 0 Å². The van der Waals surface area contributed by atoms with E-state index in [9.17, 15) is 13.6 Å². The van der Waals surface area contributed by atoms with E-state index in [0.29, 0.717) is 19.7 Å². The molecule has 0 saturated carbocycles. The highest BCUT2D eigenvalue weighted by molar-refractivity contribution is 5.80. The van der Waals surface area contributed by atoms with E-state index in [-0.39, 0.29) is 11.7 Å². The highest BCUT2D eigenvalue weighted by Gasteiger charge is 2.24. The highest BCUT2D eigenvalue weighted by atomic mass is 19.2. The van der Waals surface area contributed by atoms with Crippen molar-refractivity contribution in [3.05, 3.63) is 29.8 Å². The van der Waals surface area contributed by atoms with E-state index in [1.807, 2.05) is 4.90 Å². The van der Waals surface area contributed by atoms with Crippen molar-refractivity contribution in [2.24, 2.45) is 4.99 Å². The van der Waals surface area contributed by atoms with Gasteiger partial charge in [-0.1, -0.05) is 0 Å². The molecule has 2 aliphatic heterocycles. The zero-order valence-electron chi connectivity index (χ0n) is 17.6. The van der Waals surface area contributed by atoms with Crippen molar-refractivity contribution in [2.45, 2.75) is 19.3 Å². The molecular weight excluding hydrogens is 392 g/mol. The van der Waals surface area contributed by atoms with Crippen LogP contribution in [0.1, 0.15) is 19.3 Å². The summed E-state index contributed by atoms with van der Waals surface area (Å²) in [4.78, 5) is 23.1. The zero-order valence-corrected chi connectivity index (χ0v) is 17.6. The number of nitrogens with one attached hydrogen (secondary N) is 1. The molecule has 2 saturated heterocycles. The van der Waals surface area contributed by atoms with Crippen molar-refractivity contribution in [2.75, 3.05) is 66.0 Å². The average Bonchev–Trinajstić information content (AvgIpc) is 2.77. The van der Waals surface area contributed by atoms with Gasteiger partial charge in [0.25, 0.3) is 0 Å². The van der Waals surface area contributed by atoms with E-state index < -0.39 is 11.6 Å². The van der Waals surface area contributed by atoms with Crippen LogP contribution in [0.25, 0.3) is 0 Å². The van der Waals surface area contributed by atoms with Crippen LogP contribution in [0.2, 0.25) is 0 Å². The number of guanidine groups is 1. The maximum absolute atomic E-state index is 13.2. The lowest BCUT2D eigenvalue weighted by Gasteiger charge is -2.37. The summed E-state index contributed by atoms with van der Waals surface area (Å²) in [6, 6.07) is 3.48. The Hall–Kier alpha value is -2.42. The first-order valence-corrected chi connectivity index (χ1v) is 10.6. The van der Waals surface area contributed by atoms with Gasteiger partial charge in [0.1, 0.15) is 12.4 Å². The number of amides is 1. The van der Waals surface area contributed by atoms with Crippen LogP contribution in [-0.4, -0.2) is 92.6 Å². The van der Waals surface area contributed by atoms with E-state index in [0.717, 1.165) is 70.2 Å². The van der Waals surface area contributed by atoms with E-state index in [4.69, 9.17) is 4.74 Å². The van der Waals surface area contributed by atoms with Gasteiger partial charge in [-0.3, -0.25) is 14.7 Å². The first-order chi connectivity index (χ1) is 14.6. The molecule has 0 spiro atoms. The molecule has 0 unspecified atom stereocenters. The molecule has 30 heavy (non-hydrogen) atoms. The molecule has 1 amide bonds. The molecular formula is C21H31F2N5O2. The number of carbonyl (C=O) groups is 1. The van der Waals surface area contributed by atoms with E-state index in [2.05, 4.69) is 20.1 Å². The first-order valence-electron chi connectivity index (χ1n) is 10.6. The molecule has 0 bridgehead atoms. The fourth-order valence-corrected chi connectivity index (χ4v) is 3.78. The molecule has 0 radical (unpaired) electrons. The van der Waals surface area contributed by atoms with E-state index in [1.165, 1.54) is 12.5 Å². The zero-order chi connectivity index (χ0) is 21.3. The molecule has 166 valence electrons. The summed E-state index contributed by atoms with van der Waals surface area (Å²) in [5.41, 5.74) is 0. The van der Waals surface area contributed by atoms with Gasteiger partial charge in [-0.25, -0.2) is 8.78 Å². The van der Waals surface area contributed by atoms with Gasteiger partial charge in [0.15, 0.2) is 17.6 Å². The van der Waals surface area contributed by atoms with Crippen molar-refractivity contribution in [3.8, 4) is 5.75 Å². The summed E-state index contributed by atoms with van der Waals surface area (Å²) in [6.45, 7) is 6.25. The molecule has 2 fully saturated rings. The number of benzene rings is 1. The summed E-state index contributed by atoms with van der Waals surface area (Å²) in [6.07, 6.45) is 3.45. The molecule has 2 heterocycles. The summed E-state index contributed by atoms with van der Waals surface area (Å²) in [5.74, 6) is -0.519. The van der Waals surface area contributed by atoms with Crippen LogP contribution in [0.3, 0.4) is 0 Å². The molecule has 1 aromatic carbocycles. The molecule has 1 N–H and O–H groups in total. The van der Waals surface area contributed by atoms with Crippen LogP contribution in [0.5, 0.6) is 5.75 Å². The lowest BCUT2D eigenvalue weighted by atomic mass is 10.1. The van der Waals surface area contributed by atoms with E-state index in [1.54, 1.807) is 7.05 Å². The molecule has 7 nitrogen and oxygen atoms in total. The summed E-state index contributed by atoms with van der Waals surface area (Å²) < 4.78 is 31.6. The second-order valence-corrected chi connectivity index (χ2v) is 7.60. The number of halogens is 2. The predicted molar refractivity (Wildman–Crippen MR) is 112 cm³/mol. The normalized spacial score (nSPS) is 18.4. The number of aliphatic imine (C=N–C) groups is 1. The molecule has 9 heteroatoms. The first kappa shape index (κ1) is 22.3. The molecule has 0 aliphatic carbocycles. The Morgan fingerprint density at radius 1 is 1.03 bits per heavy atom. The maximum Gasteiger partial charge on any atom is 0.236 e. The number of rotatable bonds is 6. The molecule has 2 aliphatic rings. The predicted octanol–water partition coefficient (Wildman–Crippen LogP) is 1.55. The second-order valence-electron chi connectivity index (χ2n) is 7.60. The maximum atomic E-state index is 13.2. The number of nitrogens with zero attached hydrogens (tertiary/aromatic N) is 4. The minimum atomic E-state index is -0.923. The highest BCUT2D eigenvalue weighted by Crippen LogP contribution is 2.15. The van der Waals surface area contributed by atoms with Gasteiger partial charge in [-0.15, -0.1) is 0 Å². The fraction of sp³-hybridized carbons (Fsp3) is 0.619. The number of carbonyl (C=O) groups excluding carboxylic acids is 1. The van der Waals surface area contributed by atoms with Crippen molar-refractivity contribution >= 4 is 11.9 Å². The van der Waals surface area contributed by atoms with Gasteiger partial charge in [-0.2, -0.15) is 0 Å². The fourth-order valence-electron chi connectivity index (χ4n) is 3.78. The number of ether oxygens (including phenoxy) is 1. The summed E-state index contributed by atoms with van der Waals surface area (Å²) >= 11 is 0. The quantitative estimate of drug-likeness (QED) is 0.427. The number of piperidine rings is 1. The Bertz CT molecular complexity index is 732. The van der Waals surface area contributed by atoms with Crippen LogP contribution < -0.4 is 10.1 Å². The molecule has 1 aromatic rings. The van der Waals surface area contributed by atoms with Crippen LogP contribution in [0, 0.1) is 11.6 Å². The monoisotopic (exact) mass is 423 g/mol. The van der Waals surface area contributed by atoms with Crippen molar-refractivity contribution in [1.29, 1.82) is 0 Å². The number of hydrogen-bond donors (Lipinski definition) is 1. The minimum absolute atomic E-state index is 0.236. The number of hydrogen-bond acceptors (Lipinski definition) is 4. The third-order valence-electron chi connectivity index (χ3n) is 5.50. The van der Waals surface area contributed by atoms with E-state index >= 15 is 0 Å². The van der Waals surface area contributed by atoms with Gasteiger partial charge in [0, 0.05) is 52.4 Å². The van der Waals surface area contributed by atoms with Crippen molar-refractivity contribution < 1.29 is 18.3 Å². The Labute approximate surface area is 176 Å². The number of piperazine rings is 1. The Morgan fingerprint density at radius 2 is 1.77 bits per heavy atom. The molecule has 3 rings (SSSR count). The standard InChI is InChI=1S/C21H31F2N5O2/c1-24-21(25-7-14-30-17-5-6-18(22)19(23)15-17)28-12-10-26(11-13-28)16-20(29)27-8-3-2-4-9-27/h5-6,15H,2-4,7-14,16H2,1H3,(H,24,25).